The monoisotopic (exact) mass is 202 g/mol. The Hall–Kier alpha value is -1.52. The van der Waals surface area contributed by atoms with Crippen LogP contribution in [0, 0.1) is 6.92 Å². The predicted molar refractivity (Wildman–Crippen MR) is 58.7 cm³/mol. The maximum Gasteiger partial charge on any atom is 0.526 e. The quantitative estimate of drug-likeness (QED) is 0.712. The standard InChI is InChI=1S/C11H11BO3/c1-8-4-2-3-5-10(8)9-6-11(12(13)14)15-7-9/h2-7,13-14H,1H3. The smallest absolute Gasteiger partial charge is 0.472 e. The normalized spacial score (nSPS) is 10.3. The van der Waals surface area contributed by atoms with E-state index in [-0.39, 0.29) is 5.66 Å². The van der Waals surface area contributed by atoms with E-state index in [0.29, 0.717) is 0 Å². The number of furan rings is 1. The van der Waals surface area contributed by atoms with E-state index in [0.717, 1.165) is 16.7 Å². The third-order valence-electron chi connectivity index (χ3n) is 2.33. The molecule has 0 amide bonds. The Morgan fingerprint density at radius 1 is 1.20 bits per heavy atom. The molecule has 1 aromatic carbocycles. The zero-order valence-corrected chi connectivity index (χ0v) is 8.34. The second-order valence-electron chi connectivity index (χ2n) is 3.43. The van der Waals surface area contributed by atoms with Gasteiger partial charge in [0.25, 0.3) is 0 Å². The van der Waals surface area contributed by atoms with Crippen molar-refractivity contribution in [3.8, 4) is 11.1 Å². The number of rotatable bonds is 2. The first kappa shape index (κ1) is 10.0. The zero-order chi connectivity index (χ0) is 10.8. The number of hydrogen-bond donors (Lipinski definition) is 2. The highest BCUT2D eigenvalue weighted by Gasteiger charge is 2.16. The van der Waals surface area contributed by atoms with Gasteiger partial charge in [0.15, 0.2) is 0 Å². The SMILES string of the molecule is Cc1ccccc1-c1coc(B(O)O)c1. The molecule has 2 N–H and O–H groups in total. The molecule has 0 aliphatic rings. The molecule has 15 heavy (non-hydrogen) atoms. The highest BCUT2D eigenvalue weighted by molar-refractivity contribution is 6.57. The van der Waals surface area contributed by atoms with Crippen LogP contribution in [0.1, 0.15) is 5.56 Å². The molecule has 76 valence electrons. The summed E-state index contributed by atoms with van der Waals surface area (Å²) in [4.78, 5) is 0. The second kappa shape index (κ2) is 3.92. The molecule has 2 aromatic rings. The lowest BCUT2D eigenvalue weighted by Crippen LogP contribution is -2.27. The van der Waals surface area contributed by atoms with Crippen LogP contribution in [-0.2, 0) is 0 Å². The lowest BCUT2D eigenvalue weighted by molar-refractivity contribution is 0.409. The molecular formula is C11H11BO3. The van der Waals surface area contributed by atoms with Gasteiger partial charge in [-0.05, 0) is 24.1 Å². The summed E-state index contributed by atoms with van der Waals surface area (Å²) in [6.45, 7) is 2.00. The van der Waals surface area contributed by atoms with E-state index < -0.39 is 7.12 Å². The molecule has 0 saturated heterocycles. The van der Waals surface area contributed by atoms with Gasteiger partial charge < -0.3 is 14.5 Å². The van der Waals surface area contributed by atoms with Crippen LogP contribution in [0.5, 0.6) is 0 Å². The van der Waals surface area contributed by atoms with Crippen molar-refractivity contribution in [2.24, 2.45) is 0 Å². The average molecular weight is 202 g/mol. The summed E-state index contributed by atoms with van der Waals surface area (Å²) < 4.78 is 5.04. The highest BCUT2D eigenvalue weighted by atomic mass is 16.4. The second-order valence-corrected chi connectivity index (χ2v) is 3.43. The van der Waals surface area contributed by atoms with Gasteiger partial charge in [0.05, 0.1) is 6.26 Å². The molecule has 0 aliphatic carbocycles. The van der Waals surface area contributed by atoms with Gasteiger partial charge in [-0.1, -0.05) is 24.3 Å². The third-order valence-corrected chi connectivity index (χ3v) is 2.33. The minimum atomic E-state index is -1.55. The molecule has 0 fully saturated rings. The van der Waals surface area contributed by atoms with E-state index >= 15 is 0 Å². The van der Waals surface area contributed by atoms with Crippen LogP contribution in [0.4, 0.5) is 0 Å². The molecule has 0 spiro atoms. The van der Waals surface area contributed by atoms with Gasteiger partial charge in [-0.2, -0.15) is 0 Å². The minimum absolute atomic E-state index is 0.160. The zero-order valence-electron chi connectivity index (χ0n) is 8.34. The van der Waals surface area contributed by atoms with Crippen molar-refractivity contribution in [1.29, 1.82) is 0 Å². The van der Waals surface area contributed by atoms with Crippen LogP contribution in [0.2, 0.25) is 0 Å². The summed E-state index contributed by atoms with van der Waals surface area (Å²) in [7, 11) is -1.55. The lowest BCUT2D eigenvalue weighted by Gasteiger charge is -2.00. The molecule has 1 aromatic heterocycles. The molecular weight excluding hydrogens is 191 g/mol. The Labute approximate surface area is 88.1 Å². The first-order chi connectivity index (χ1) is 7.18. The Kier molecular flexibility index (Phi) is 2.62. The van der Waals surface area contributed by atoms with Crippen molar-refractivity contribution < 1.29 is 14.5 Å². The van der Waals surface area contributed by atoms with Crippen molar-refractivity contribution in [3.05, 3.63) is 42.2 Å². The fourth-order valence-electron chi connectivity index (χ4n) is 1.53. The molecule has 0 aliphatic heterocycles. The van der Waals surface area contributed by atoms with E-state index in [1.807, 2.05) is 31.2 Å². The Morgan fingerprint density at radius 2 is 1.93 bits per heavy atom. The summed E-state index contributed by atoms with van der Waals surface area (Å²) >= 11 is 0. The summed E-state index contributed by atoms with van der Waals surface area (Å²) in [5.41, 5.74) is 3.18. The molecule has 1 heterocycles. The molecule has 2 rings (SSSR count). The van der Waals surface area contributed by atoms with E-state index in [9.17, 15) is 0 Å². The first-order valence-electron chi connectivity index (χ1n) is 4.69. The molecule has 0 radical (unpaired) electrons. The number of hydrogen-bond acceptors (Lipinski definition) is 3. The van der Waals surface area contributed by atoms with Gasteiger partial charge in [0.2, 0.25) is 0 Å². The molecule has 3 nitrogen and oxygen atoms in total. The van der Waals surface area contributed by atoms with Gasteiger partial charge in [0.1, 0.15) is 5.66 Å². The Balaban J connectivity index is 2.42. The van der Waals surface area contributed by atoms with Crippen molar-refractivity contribution in [2.45, 2.75) is 6.92 Å². The van der Waals surface area contributed by atoms with E-state index in [4.69, 9.17) is 14.5 Å². The summed E-state index contributed by atoms with van der Waals surface area (Å²) in [6, 6.07) is 9.49. The summed E-state index contributed by atoms with van der Waals surface area (Å²) in [5, 5.41) is 17.8. The van der Waals surface area contributed by atoms with Gasteiger partial charge in [-0.25, -0.2) is 0 Å². The largest absolute Gasteiger partial charge is 0.526 e. The number of benzene rings is 1. The van der Waals surface area contributed by atoms with Crippen molar-refractivity contribution in [1.82, 2.24) is 0 Å². The maximum absolute atomic E-state index is 8.92. The highest BCUT2D eigenvalue weighted by Crippen LogP contribution is 2.22. The molecule has 0 unspecified atom stereocenters. The fourth-order valence-corrected chi connectivity index (χ4v) is 1.53. The Bertz CT molecular complexity index is 462. The molecule has 4 heteroatoms. The molecule has 0 saturated carbocycles. The number of aryl methyl sites for hydroxylation is 1. The van der Waals surface area contributed by atoms with Crippen LogP contribution >= 0.6 is 0 Å². The molecule has 0 bridgehead atoms. The van der Waals surface area contributed by atoms with Crippen molar-refractivity contribution in [2.75, 3.05) is 0 Å². The fraction of sp³-hybridized carbons (Fsp3) is 0.0909. The van der Waals surface area contributed by atoms with Crippen molar-refractivity contribution in [3.63, 3.8) is 0 Å². The predicted octanol–water partition coefficient (Wildman–Crippen LogP) is 0.935. The third kappa shape index (κ3) is 1.96. The topological polar surface area (TPSA) is 53.6 Å². The molecule has 0 atom stereocenters. The van der Waals surface area contributed by atoms with Gasteiger partial charge >= 0.3 is 7.12 Å². The van der Waals surface area contributed by atoms with Crippen LogP contribution in [-0.4, -0.2) is 17.2 Å². The maximum atomic E-state index is 8.92. The van der Waals surface area contributed by atoms with Crippen LogP contribution in [0.3, 0.4) is 0 Å². The van der Waals surface area contributed by atoms with Crippen LogP contribution < -0.4 is 5.66 Å². The minimum Gasteiger partial charge on any atom is -0.472 e. The summed E-state index contributed by atoms with van der Waals surface area (Å²) in [6.07, 6.45) is 1.52. The van der Waals surface area contributed by atoms with E-state index in [2.05, 4.69) is 0 Å². The van der Waals surface area contributed by atoms with E-state index in [1.165, 1.54) is 6.26 Å². The van der Waals surface area contributed by atoms with E-state index in [1.54, 1.807) is 6.07 Å². The average Bonchev–Trinajstić information content (AvgIpc) is 2.67. The van der Waals surface area contributed by atoms with Gasteiger partial charge in [0, 0.05) is 5.56 Å². The first-order valence-corrected chi connectivity index (χ1v) is 4.69. The van der Waals surface area contributed by atoms with Crippen LogP contribution in [0.15, 0.2) is 41.0 Å². The van der Waals surface area contributed by atoms with Gasteiger partial charge in [-0.15, -0.1) is 0 Å². The lowest BCUT2D eigenvalue weighted by atomic mass is 9.87. The Morgan fingerprint density at radius 3 is 2.53 bits per heavy atom. The summed E-state index contributed by atoms with van der Waals surface area (Å²) in [5.74, 6) is 0. The van der Waals surface area contributed by atoms with Crippen molar-refractivity contribution >= 4 is 12.8 Å². The van der Waals surface area contributed by atoms with Gasteiger partial charge in [-0.3, -0.25) is 0 Å². The van der Waals surface area contributed by atoms with Crippen LogP contribution in [0.25, 0.3) is 11.1 Å².